The molecule has 0 N–H and O–H groups in total. The van der Waals surface area contributed by atoms with E-state index >= 15 is 0 Å². The molecule has 5 heteroatoms. The van der Waals surface area contributed by atoms with Crippen molar-refractivity contribution in [2.45, 2.75) is 12.5 Å². The van der Waals surface area contributed by atoms with Gasteiger partial charge in [0, 0.05) is 6.04 Å². The molecule has 7 rings (SSSR count). The molecule has 1 aliphatic heterocycles. The third kappa shape index (κ3) is 5.89. The van der Waals surface area contributed by atoms with Crippen molar-refractivity contribution < 1.29 is 8.85 Å². The second-order valence-corrected chi connectivity index (χ2v) is 16.0. The molecule has 0 amide bonds. The number of thiol groups is 1. The van der Waals surface area contributed by atoms with Gasteiger partial charge in [-0.25, -0.2) is 0 Å². The Labute approximate surface area is 256 Å². The fourth-order valence-electron chi connectivity index (χ4n) is 5.57. The van der Waals surface area contributed by atoms with Crippen LogP contribution >= 0.6 is 19.9 Å². The van der Waals surface area contributed by atoms with Gasteiger partial charge in [0.1, 0.15) is 40.0 Å². The summed E-state index contributed by atoms with van der Waals surface area (Å²) in [7, 11) is -3.43. The van der Waals surface area contributed by atoms with Crippen LogP contribution in [-0.4, -0.2) is 15.0 Å². The second-order valence-electron chi connectivity index (χ2n) is 10.2. The van der Waals surface area contributed by atoms with E-state index in [4.69, 9.17) is 8.85 Å². The molecule has 2 nitrogen and oxygen atoms in total. The number of fused-ring (bicyclic) bond motifs is 2. The van der Waals surface area contributed by atoms with Crippen molar-refractivity contribution >= 4 is 61.2 Å². The smallest absolute Gasteiger partial charge is 0.444 e. The van der Waals surface area contributed by atoms with Gasteiger partial charge in [0.05, 0.1) is 0 Å². The van der Waals surface area contributed by atoms with Gasteiger partial charge in [0.15, 0.2) is 0 Å². The average Bonchev–Trinajstić information content (AvgIpc) is 3.47. The first-order valence-electron chi connectivity index (χ1n) is 14.4. The highest BCUT2D eigenvalue weighted by Gasteiger charge is 2.47. The maximum atomic E-state index is 5.90. The van der Waals surface area contributed by atoms with E-state index in [1.165, 1.54) is 32.0 Å². The van der Waals surface area contributed by atoms with Gasteiger partial charge in [0.25, 0.3) is 0 Å². The Morgan fingerprint density at radius 3 is 1.14 bits per heavy atom. The van der Waals surface area contributed by atoms with Gasteiger partial charge in [-0.1, -0.05) is 97.1 Å². The third-order valence-electron chi connectivity index (χ3n) is 7.50. The lowest BCUT2D eigenvalue weighted by Gasteiger charge is -2.27. The van der Waals surface area contributed by atoms with E-state index in [1.54, 1.807) is 0 Å². The zero-order valence-electron chi connectivity index (χ0n) is 23.4. The largest absolute Gasteiger partial charge is 0.511 e. The molecule has 0 bridgehead atoms. The topological polar surface area (TPSA) is 18.5 Å². The predicted octanol–water partition coefficient (Wildman–Crippen LogP) is 7.46. The molecule has 0 saturated carbocycles. The van der Waals surface area contributed by atoms with Crippen molar-refractivity contribution in [1.82, 2.24) is 0 Å². The molecule has 208 valence electrons. The van der Waals surface area contributed by atoms with E-state index in [9.17, 15) is 0 Å². The number of rotatable bonds is 7. The minimum atomic E-state index is -1.91. The zero-order valence-corrected chi connectivity index (χ0v) is 26.4. The molecule has 42 heavy (non-hydrogen) atoms. The first kappa shape index (κ1) is 28.3. The summed E-state index contributed by atoms with van der Waals surface area (Å²) < 4.78 is 11.8. The first-order valence-corrected chi connectivity index (χ1v) is 18.6. The molecule has 0 aromatic heterocycles. The molecule has 1 heterocycles. The highest BCUT2D eigenvalue weighted by atomic mass is 32.1. The van der Waals surface area contributed by atoms with E-state index < -0.39 is 16.5 Å². The summed E-state index contributed by atoms with van der Waals surface area (Å²) in [4.78, 5) is 0. The number of hydrogen-bond acceptors (Lipinski definition) is 3. The molecule has 0 unspecified atom stereocenters. The molecule has 0 aliphatic carbocycles. The number of hydrogen-bond donors (Lipinski definition) is 1. The standard InChI is InChI=1S/C24H20P.C13H14O2SSi/c1-5-13-21(14-6-1)25(22-15-7-2-8-16-22,23-17-9-3-10-18-23)24-19-11-4-12-20-24;16-6-3-7-17-14-12-8-10-4-1-2-5-11(10)9-13(12)15-17/h1-20H;1-2,4-5,8-9,16-17H,3,6-7H2/q+1;. The molecule has 0 radical (unpaired) electrons. The fraction of sp³-hybridized carbons (Fsp3) is 0.0811. The van der Waals surface area contributed by atoms with Crippen LogP contribution in [0, 0.1) is 0 Å². The minimum Gasteiger partial charge on any atom is -0.511 e. The Morgan fingerprint density at radius 2 is 0.810 bits per heavy atom. The van der Waals surface area contributed by atoms with E-state index in [0.717, 1.165) is 29.7 Å². The van der Waals surface area contributed by atoms with Gasteiger partial charge in [0.2, 0.25) is 0 Å². The third-order valence-corrected chi connectivity index (χ3v) is 14.0. The second kappa shape index (κ2) is 13.4. The van der Waals surface area contributed by atoms with Gasteiger partial charge in [-0.3, -0.25) is 0 Å². The van der Waals surface area contributed by atoms with E-state index in [0.29, 0.717) is 0 Å². The Hall–Kier alpha value is -3.82. The molecular weight excluding hydrogens is 568 g/mol. The van der Waals surface area contributed by atoms with Crippen molar-refractivity contribution in [3.8, 4) is 11.5 Å². The lowest BCUT2D eigenvalue weighted by Crippen LogP contribution is -2.38. The van der Waals surface area contributed by atoms with Crippen LogP contribution in [0.1, 0.15) is 6.42 Å². The van der Waals surface area contributed by atoms with Crippen LogP contribution in [0.2, 0.25) is 6.04 Å². The van der Waals surface area contributed by atoms with Gasteiger partial charge in [-0.05, 0) is 83.6 Å². The summed E-state index contributed by atoms with van der Waals surface area (Å²) in [6.45, 7) is 0. The highest BCUT2D eigenvalue weighted by Crippen LogP contribution is 2.54. The molecule has 0 atom stereocenters. The van der Waals surface area contributed by atoms with Crippen LogP contribution in [0.3, 0.4) is 0 Å². The SMILES string of the molecule is SCCC[SiH]1Oc2cc3ccccc3cc2O1.c1ccc([P+](c2ccccc2)(c2ccccc2)c2ccccc2)cc1. The monoisotopic (exact) mass is 601 g/mol. The summed E-state index contributed by atoms with van der Waals surface area (Å²) in [5.74, 6) is 2.73. The number of benzene rings is 6. The first-order chi connectivity index (χ1) is 20.8. The van der Waals surface area contributed by atoms with Crippen LogP contribution < -0.4 is 30.1 Å². The fourth-order valence-corrected chi connectivity index (χ4v) is 12.1. The zero-order chi connectivity index (χ0) is 28.6. The normalized spacial score (nSPS) is 12.5. The Bertz CT molecular complexity index is 1510. The molecular formula is C37H34O2PSSi+. The quantitative estimate of drug-likeness (QED) is 0.116. The maximum Gasteiger partial charge on any atom is 0.444 e. The van der Waals surface area contributed by atoms with Crippen molar-refractivity contribution in [3.05, 3.63) is 158 Å². The summed E-state index contributed by atoms with van der Waals surface area (Å²) in [5.41, 5.74) is 0. The molecule has 0 spiro atoms. The van der Waals surface area contributed by atoms with Crippen molar-refractivity contribution in [2.75, 3.05) is 5.75 Å². The van der Waals surface area contributed by atoms with Gasteiger partial charge < -0.3 is 8.85 Å². The molecule has 6 aromatic carbocycles. The lowest BCUT2D eigenvalue weighted by molar-refractivity contribution is 0.495. The summed E-state index contributed by atoms with van der Waals surface area (Å²) >= 11 is 4.22. The van der Waals surface area contributed by atoms with Crippen molar-refractivity contribution in [2.24, 2.45) is 0 Å². The predicted molar refractivity (Wildman–Crippen MR) is 187 cm³/mol. The maximum absolute atomic E-state index is 5.90. The van der Waals surface area contributed by atoms with Crippen molar-refractivity contribution in [1.29, 1.82) is 0 Å². The van der Waals surface area contributed by atoms with Crippen LogP contribution in [-0.2, 0) is 0 Å². The van der Waals surface area contributed by atoms with E-state index in [2.05, 4.69) is 158 Å². The van der Waals surface area contributed by atoms with Crippen molar-refractivity contribution in [3.63, 3.8) is 0 Å². The Morgan fingerprint density at radius 1 is 0.476 bits per heavy atom. The van der Waals surface area contributed by atoms with Gasteiger partial charge in [-0.15, -0.1) is 0 Å². The highest BCUT2D eigenvalue weighted by molar-refractivity contribution is 8.01. The van der Waals surface area contributed by atoms with Crippen LogP contribution in [0.5, 0.6) is 11.5 Å². The van der Waals surface area contributed by atoms with Gasteiger partial charge >= 0.3 is 9.28 Å². The molecule has 1 aliphatic rings. The van der Waals surface area contributed by atoms with Crippen LogP contribution in [0.25, 0.3) is 10.8 Å². The minimum absolute atomic E-state index is 0.897. The van der Waals surface area contributed by atoms with Crippen LogP contribution in [0.15, 0.2) is 158 Å². The van der Waals surface area contributed by atoms with Crippen LogP contribution in [0.4, 0.5) is 0 Å². The van der Waals surface area contributed by atoms with Gasteiger partial charge in [-0.2, -0.15) is 12.6 Å². The molecule has 6 aromatic rings. The lowest BCUT2D eigenvalue weighted by atomic mass is 10.1. The van der Waals surface area contributed by atoms with E-state index in [-0.39, 0.29) is 0 Å². The summed E-state index contributed by atoms with van der Waals surface area (Å²) in [5, 5.41) is 7.96. The summed E-state index contributed by atoms with van der Waals surface area (Å²) in [6, 6.07) is 57.3. The molecule has 0 saturated heterocycles. The average molecular weight is 602 g/mol. The van der Waals surface area contributed by atoms with E-state index in [1.807, 2.05) is 12.1 Å². The Kier molecular flexibility index (Phi) is 9.05. The Balaban J connectivity index is 0.000000162. The molecule has 0 fully saturated rings. The summed E-state index contributed by atoms with van der Waals surface area (Å²) in [6.07, 6.45) is 1.06.